The quantitative estimate of drug-likeness (QED) is 0.236. The first kappa shape index (κ1) is 22.5. The first-order chi connectivity index (χ1) is 15.0. The van der Waals surface area contributed by atoms with Crippen LogP contribution in [0.4, 0.5) is 5.13 Å². The Balaban J connectivity index is 1.51. The molecule has 1 heterocycles. The van der Waals surface area contributed by atoms with Crippen molar-refractivity contribution in [2.75, 3.05) is 18.5 Å². The molecule has 0 saturated carbocycles. The molecule has 0 radical (unpaired) electrons. The first-order valence-corrected chi connectivity index (χ1v) is 11.2. The number of nitriles is 1. The second-order valence-electron chi connectivity index (χ2n) is 6.51. The number of ether oxygens (including phenoxy) is 2. The third-order valence-electron chi connectivity index (χ3n) is 4.12. The molecule has 0 aliphatic rings. The summed E-state index contributed by atoms with van der Waals surface area (Å²) in [6.45, 7) is 3.09. The van der Waals surface area contributed by atoms with E-state index < -0.39 is 5.91 Å². The number of carbonyl (C=O) groups excluding carboxylic acids is 1. The van der Waals surface area contributed by atoms with E-state index in [4.69, 9.17) is 9.47 Å². The van der Waals surface area contributed by atoms with Crippen molar-refractivity contribution in [2.45, 2.75) is 13.3 Å². The number of halogens is 1. The molecule has 0 aliphatic carbocycles. The molecule has 0 spiro atoms. The fourth-order valence-corrected chi connectivity index (χ4v) is 3.59. The predicted molar refractivity (Wildman–Crippen MR) is 125 cm³/mol. The van der Waals surface area contributed by atoms with Crippen LogP contribution in [-0.2, 0) is 4.79 Å². The Kier molecular flexibility index (Phi) is 8.21. The molecule has 0 atom stereocenters. The minimum atomic E-state index is -0.498. The number of thiazole rings is 1. The molecular formula is C23H20BrN3O3S. The molecule has 0 fully saturated rings. The summed E-state index contributed by atoms with van der Waals surface area (Å²) in [5.74, 6) is 1.02. The monoisotopic (exact) mass is 497 g/mol. The minimum Gasteiger partial charge on any atom is -0.493 e. The van der Waals surface area contributed by atoms with E-state index in [1.54, 1.807) is 29.8 Å². The van der Waals surface area contributed by atoms with Gasteiger partial charge >= 0.3 is 0 Å². The Morgan fingerprint density at radius 3 is 2.68 bits per heavy atom. The SMILES string of the molecule is Cc1ccc(OCCCOc2ccc(/C=C(/C#N)C(=O)Nc3nccs3)cc2Br)cc1. The van der Waals surface area contributed by atoms with Gasteiger partial charge in [-0.15, -0.1) is 11.3 Å². The highest BCUT2D eigenvalue weighted by Crippen LogP contribution is 2.27. The maximum atomic E-state index is 12.2. The van der Waals surface area contributed by atoms with Gasteiger partial charge in [0.2, 0.25) is 0 Å². The summed E-state index contributed by atoms with van der Waals surface area (Å²) in [7, 11) is 0. The normalized spacial score (nSPS) is 10.9. The van der Waals surface area contributed by atoms with Gasteiger partial charge in [0.05, 0.1) is 17.7 Å². The fourth-order valence-electron chi connectivity index (χ4n) is 2.55. The molecular weight excluding hydrogens is 478 g/mol. The lowest BCUT2D eigenvalue weighted by atomic mass is 10.1. The highest BCUT2D eigenvalue weighted by molar-refractivity contribution is 9.10. The fraction of sp³-hybridized carbons (Fsp3) is 0.174. The lowest BCUT2D eigenvalue weighted by Crippen LogP contribution is -2.13. The van der Waals surface area contributed by atoms with E-state index in [1.165, 1.54) is 23.0 Å². The van der Waals surface area contributed by atoms with Gasteiger partial charge in [0, 0.05) is 18.0 Å². The van der Waals surface area contributed by atoms with Crippen LogP contribution in [0, 0.1) is 18.3 Å². The van der Waals surface area contributed by atoms with Crippen LogP contribution < -0.4 is 14.8 Å². The van der Waals surface area contributed by atoms with Crippen LogP contribution in [-0.4, -0.2) is 24.1 Å². The zero-order chi connectivity index (χ0) is 22.1. The van der Waals surface area contributed by atoms with E-state index in [-0.39, 0.29) is 5.57 Å². The molecule has 158 valence electrons. The van der Waals surface area contributed by atoms with Crippen molar-refractivity contribution in [1.82, 2.24) is 4.98 Å². The van der Waals surface area contributed by atoms with Crippen LogP contribution in [0.15, 0.2) is 64.1 Å². The number of carbonyl (C=O) groups is 1. The average Bonchev–Trinajstić information content (AvgIpc) is 3.27. The molecule has 31 heavy (non-hydrogen) atoms. The third-order valence-corrected chi connectivity index (χ3v) is 5.43. The van der Waals surface area contributed by atoms with Crippen molar-refractivity contribution >= 4 is 44.4 Å². The van der Waals surface area contributed by atoms with Crippen LogP contribution in [0.1, 0.15) is 17.5 Å². The molecule has 1 amide bonds. The number of nitrogens with zero attached hydrogens (tertiary/aromatic N) is 2. The highest BCUT2D eigenvalue weighted by Gasteiger charge is 2.11. The van der Waals surface area contributed by atoms with E-state index in [9.17, 15) is 10.1 Å². The minimum absolute atomic E-state index is 0.0102. The van der Waals surface area contributed by atoms with E-state index in [2.05, 4.69) is 26.2 Å². The number of amides is 1. The standard InChI is InChI=1S/C23H20BrN3O3S/c1-16-3-6-19(7-4-16)29-10-2-11-30-21-8-5-17(14-20(21)24)13-18(15-25)22(28)27-23-26-9-12-31-23/h3-9,12-14H,2,10-11H2,1H3,(H,26,27,28)/b18-13-. The number of hydrogen-bond acceptors (Lipinski definition) is 6. The van der Waals surface area contributed by atoms with Crippen LogP contribution in [0.25, 0.3) is 6.08 Å². The lowest BCUT2D eigenvalue weighted by Gasteiger charge is -2.10. The second kappa shape index (κ2) is 11.3. The molecule has 2 aromatic carbocycles. The topological polar surface area (TPSA) is 84.2 Å². The van der Waals surface area contributed by atoms with Crippen LogP contribution in [0.2, 0.25) is 0 Å². The molecule has 1 aromatic heterocycles. The van der Waals surface area contributed by atoms with Gasteiger partial charge in [0.15, 0.2) is 5.13 Å². The summed E-state index contributed by atoms with van der Waals surface area (Å²) in [6, 6.07) is 15.2. The maximum absolute atomic E-state index is 12.2. The summed E-state index contributed by atoms with van der Waals surface area (Å²) in [6.07, 6.45) is 3.84. The van der Waals surface area contributed by atoms with Crippen molar-refractivity contribution in [3.63, 3.8) is 0 Å². The number of benzene rings is 2. The Labute approximate surface area is 193 Å². The number of rotatable bonds is 9. The summed E-state index contributed by atoms with van der Waals surface area (Å²) in [5, 5.41) is 14.1. The number of nitrogens with one attached hydrogen (secondary N) is 1. The average molecular weight is 498 g/mol. The molecule has 3 rings (SSSR count). The van der Waals surface area contributed by atoms with Gasteiger partial charge in [-0.25, -0.2) is 4.98 Å². The predicted octanol–water partition coefficient (Wildman–Crippen LogP) is 5.61. The Bertz CT molecular complexity index is 1090. The molecule has 8 heteroatoms. The van der Waals surface area contributed by atoms with Crippen LogP contribution in [0.5, 0.6) is 11.5 Å². The zero-order valence-corrected chi connectivity index (χ0v) is 19.2. The van der Waals surface area contributed by atoms with Crippen molar-refractivity contribution in [2.24, 2.45) is 0 Å². The van der Waals surface area contributed by atoms with Gasteiger partial charge < -0.3 is 9.47 Å². The van der Waals surface area contributed by atoms with E-state index >= 15 is 0 Å². The molecule has 0 saturated heterocycles. The van der Waals surface area contributed by atoms with Gasteiger partial charge in [0.1, 0.15) is 23.1 Å². The number of hydrogen-bond donors (Lipinski definition) is 1. The van der Waals surface area contributed by atoms with Gasteiger partial charge in [0.25, 0.3) is 5.91 Å². The number of anilines is 1. The van der Waals surface area contributed by atoms with Crippen LogP contribution >= 0.6 is 27.3 Å². The maximum Gasteiger partial charge on any atom is 0.268 e. The summed E-state index contributed by atoms with van der Waals surface area (Å²) in [5.41, 5.74) is 1.89. The molecule has 0 unspecified atom stereocenters. The summed E-state index contributed by atoms with van der Waals surface area (Å²) < 4.78 is 12.2. The van der Waals surface area contributed by atoms with Gasteiger partial charge in [-0.1, -0.05) is 23.8 Å². The number of aryl methyl sites for hydroxylation is 1. The van der Waals surface area contributed by atoms with Gasteiger partial charge in [-0.05, 0) is 58.8 Å². The first-order valence-electron chi connectivity index (χ1n) is 9.49. The molecule has 0 aliphatic heterocycles. The summed E-state index contributed by atoms with van der Waals surface area (Å²) in [4.78, 5) is 16.2. The zero-order valence-electron chi connectivity index (χ0n) is 16.8. The second-order valence-corrected chi connectivity index (χ2v) is 8.26. The number of aromatic nitrogens is 1. The van der Waals surface area contributed by atoms with Crippen molar-refractivity contribution in [3.05, 3.63) is 75.2 Å². The lowest BCUT2D eigenvalue weighted by molar-refractivity contribution is -0.112. The summed E-state index contributed by atoms with van der Waals surface area (Å²) >= 11 is 4.77. The third kappa shape index (κ3) is 6.95. The van der Waals surface area contributed by atoms with E-state index in [1.807, 2.05) is 37.3 Å². The van der Waals surface area contributed by atoms with Gasteiger partial charge in [-0.2, -0.15) is 5.26 Å². The van der Waals surface area contributed by atoms with Gasteiger partial charge in [-0.3, -0.25) is 10.1 Å². The Morgan fingerprint density at radius 2 is 2.00 bits per heavy atom. The van der Waals surface area contributed by atoms with Crippen molar-refractivity contribution < 1.29 is 14.3 Å². The highest BCUT2D eigenvalue weighted by atomic mass is 79.9. The van der Waals surface area contributed by atoms with Crippen LogP contribution in [0.3, 0.4) is 0 Å². The largest absolute Gasteiger partial charge is 0.493 e. The Hall–Kier alpha value is -3.15. The smallest absolute Gasteiger partial charge is 0.268 e. The molecule has 6 nitrogen and oxygen atoms in total. The Morgan fingerprint density at radius 1 is 1.23 bits per heavy atom. The molecule has 0 bridgehead atoms. The van der Waals surface area contributed by atoms with E-state index in [0.29, 0.717) is 29.7 Å². The van der Waals surface area contributed by atoms with Crippen molar-refractivity contribution in [3.8, 4) is 17.6 Å². The van der Waals surface area contributed by atoms with E-state index in [0.717, 1.165) is 16.6 Å². The molecule has 1 N–H and O–H groups in total. The molecule has 3 aromatic rings. The van der Waals surface area contributed by atoms with Crippen molar-refractivity contribution in [1.29, 1.82) is 5.26 Å².